The summed E-state index contributed by atoms with van der Waals surface area (Å²) in [5, 5.41) is 5.84. The van der Waals surface area contributed by atoms with Crippen LogP contribution in [0, 0.1) is 6.92 Å². The lowest BCUT2D eigenvalue weighted by Crippen LogP contribution is -2.24. The van der Waals surface area contributed by atoms with E-state index in [1.54, 1.807) is 6.92 Å². The molecule has 0 atom stereocenters. The number of carbonyl (C=O) groups excluding carboxylic acids is 1. The molecule has 0 aliphatic rings. The van der Waals surface area contributed by atoms with E-state index in [1.807, 2.05) is 5.38 Å². The van der Waals surface area contributed by atoms with Gasteiger partial charge in [-0.25, -0.2) is 9.97 Å². The van der Waals surface area contributed by atoms with Gasteiger partial charge in [-0.15, -0.1) is 22.7 Å². The number of hydrogen-bond acceptors (Lipinski definition) is 7. The second-order valence-electron chi connectivity index (χ2n) is 5.00. The van der Waals surface area contributed by atoms with Crippen molar-refractivity contribution in [1.29, 1.82) is 0 Å². The van der Waals surface area contributed by atoms with Gasteiger partial charge in [0, 0.05) is 11.9 Å². The largest absolute Gasteiger partial charge is 0.375 e. The van der Waals surface area contributed by atoms with Crippen LogP contribution in [-0.4, -0.2) is 27.4 Å². The smallest absolute Gasteiger partial charge is 0.261 e. The second kappa shape index (κ2) is 6.47. The van der Waals surface area contributed by atoms with Gasteiger partial charge in [0.05, 0.1) is 22.3 Å². The van der Waals surface area contributed by atoms with Gasteiger partial charge in [-0.3, -0.25) is 9.59 Å². The van der Waals surface area contributed by atoms with E-state index in [-0.39, 0.29) is 11.5 Å². The molecular formula is C14H15N5O2S2. The van der Waals surface area contributed by atoms with Gasteiger partial charge in [-0.2, -0.15) is 0 Å². The molecule has 0 saturated heterocycles. The van der Waals surface area contributed by atoms with Crippen LogP contribution in [0.4, 0.5) is 5.13 Å². The van der Waals surface area contributed by atoms with Crippen molar-refractivity contribution < 1.29 is 4.79 Å². The number of nitrogens with zero attached hydrogens (tertiary/aromatic N) is 2. The van der Waals surface area contributed by atoms with Gasteiger partial charge in [0.15, 0.2) is 5.13 Å². The minimum atomic E-state index is -0.219. The number of thiophene rings is 1. The lowest BCUT2D eigenvalue weighted by Gasteiger charge is -2.03. The first-order valence-electron chi connectivity index (χ1n) is 7.01. The zero-order valence-corrected chi connectivity index (χ0v) is 14.0. The summed E-state index contributed by atoms with van der Waals surface area (Å²) >= 11 is 2.65. The predicted octanol–water partition coefficient (Wildman–Crippen LogP) is 1.69. The van der Waals surface area contributed by atoms with Crippen LogP contribution < -0.4 is 16.6 Å². The fraction of sp³-hybridized carbons (Fsp3) is 0.286. The van der Waals surface area contributed by atoms with Crippen LogP contribution in [0.2, 0.25) is 0 Å². The molecule has 0 spiro atoms. The van der Waals surface area contributed by atoms with Crippen molar-refractivity contribution in [2.45, 2.75) is 19.8 Å². The summed E-state index contributed by atoms with van der Waals surface area (Å²) in [6, 6.07) is 0. The summed E-state index contributed by atoms with van der Waals surface area (Å²) in [6.45, 7) is 2.30. The Labute approximate surface area is 139 Å². The van der Waals surface area contributed by atoms with Crippen LogP contribution in [0.15, 0.2) is 16.5 Å². The summed E-state index contributed by atoms with van der Waals surface area (Å²) in [4.78, 5) is 36.0. The third kappa shape index (κ3) is 3.25. The van der Waals surface area contributed by atoms with Crippen LogP contribution in [0.1, 0.15) is 27.3 Å². The first kappa shape index (κ1) is 15.6. The van der Waals surface area contributed by atoms with Crippen LogP contribution in [0.25, 0.3) is 10.2 Å². The molecule has 0 aliphatic heterocycles. The predicted molar refractivity (Wildman–Crippen MR) is 92.2 cm³/mol. The molecule has 9 heteroatoms. The maximum atomic E-state index is 12.3. The maximum Gasteiger partial charge on any atom is 0.261 e. The minimum absolute atomic E-state index is 0.178. The Kier molecular flexibility index (Phi) is 4.39. The van der Waals surface area contributed by atoms with Crippen molar-refractivity contribution >= 4 is 43.9 Å². The highest BCUT2D eigenvalue weighted by Gasteiger charge is 2.17. The zero-order chi connectivity index (χ0) is 16.4. The van der Waals surface area contributed by atoms with E-state index in [9.17, 15) is 9.59 Å². The topological polar surface area (TPSA) is 114 Å². The summed E-state index contributed by atoms with van der Waals surface area (Å²) in [5.41, 5.74) is 6.97. The molecule has 3 aromatic rings. The number of fused-ring (bicyclic) bond motifs is 1. The van der Waals surface area contributed by atoms with Gasteiger partial charge in [0.1, 0.15) is 4.83 Å². The van der Waals surface area contributed by atoms with E-state index in [0.717, 1.165) is 18.5 Å². The quantitative estimate of drug-likeness (QED) is 0.607. The van der Waals surface area contributed by atoms with Crippen molar-refractivity contribution in [3.8, 4) is 0 Å². The molecule has 0 aliphatic carbocycles. The van der Waals surface area contributed by atoms with E-state index in [0.29, 0.717) is 32.3 Å². The highest BCUT2D eigenvalue weighted by atomic mass is 32.1. The van der Waals surface area contributed by atoms with Crippen LogP contribution in [0.3, 0.4) is 0 Å². The highest BCUT2D eigenvalue weighted by Crippen LogP contribution is 2.26. The normalized spacial score (nSPS) is 11.0. The Morgan fingerprint density at radius 1 is 1.48 bits per heavy atom. The molecule has 0 aromatic carbocycles. The van der Waals surface area contributed by atoms with Crippen molar-refractivity contribution in [1.82, 2.24) is 20.3 Å². The van der Waals surface area contributed by atoms with Crippen LogP contribution >= 0.6 is 22.7 Å². The molecule has 0 bridgehead atoms. The Balaban J connectivity index is 1.63. The summed E-state index contributed by atoms with van der Waals surface area (Å²) in [7, 11) is 0. The molecule has 3 rings (SSSR count). The van der Waals surface area contributed by atoms with Crippen molar-refractivity contribution in [2.75, 3.05) is 12.3 Å². The summed E-state index contributed by atoms with van der Waals surface area (Å²) in [6.07, 6.45) is 2.89. The molecule has 0 saturated carbocycles. The van der Waals surface area contributed by atoms with Crippen molar-refractivity contribution in [3.05, 3.63) is 38.2 Å². The number of carbonyl (C=O) groups is 1. The van der Waals surface area contributed by atoms with E-state index in [4.69, 9.17) is 5.73 Å². The number of anilines is 1. The Morgan fingerprint density at radius 3 is 3.00 bits per heavy atom. The fourth-order valence-electron chi connectivity index (χ4n) is 2.28. The SMILES string of the molecule is Cc1c(C(=O)NCCCc2csc(N)n2)sc2nc[nH]c(=O)c12. The average Bonchev–Trinajstić information content (AvgIpc) is 3.08. The molecule has 1 amide bonds. The third-order valence-corrected chi connectivity index (χ3v) is 5.32. The van der Waals surface area contributed by atoms with E-state index in [1.165, 1.54) is 29.0 Å². The van der Waals surface area contributed by atoms with Gasteiger partial charge in [0.25, 0.3) is 11.5 Å². The first-order chi connectivity index (χ1) is 11.1. The van der Waals surface area contributed by atoms with E-state index < -0.39 is 0 Å². The first-order valence-corrected chi connectivity index (χ1v) is 8.70. The molecule has 7 nitrogen and oxygen atoms in total. The Morgan fingerprint density at radius 2 is 2.30 bits per heavy atom. The number of nitrogen functional groups attached to an aromatic ring is 1. The number of hydrogen-bond donors (Lipinski definition) is 3. The molecule has 3 aromatic heterocycles. The van der Waals surface area contributed by atoms with E-state index in [2.05, 4.69) is 20.3 Å². The molecule has 23 heavy (non-hydrogen) atoms. The number of nitrogens with one attached hydrogen (secondary N) is 2. The minimum Gasteiger partial charge on any atom is -0.375 e. The van der Waals surface area contributed by atoms with Crippen LogP contribution in [-0.2, 0) is 6.42 Å². The standard InChI is InChI=1S/C14H15N5O2S2/c1-7-9-11(20)17-6-18-13(9)23-10(7)12(21)16-4-2-3-8-5-22-14(15)19-8/h5-6H,2-4H2,1H3,(H2,15,19)(H,16,21)(H,17,18,20). The number of aromatic amines is 1. The van der Waals surface area contributed by atoms with Gasteiger partial charge in [-0.05, 0) is 25.3 Å². The second-order valence-corrected chi connectivity index (χ2v) is 6.89. The van der Waals surface area contributed by atoms with Crippen molar-refractivity contribution in [2.24, 2.45) is 0 Å². The number of thiazole rings is 1. The van der Waals surface area contributed by atoms with Gasteiger partial charge in [0.2, 0.25) is 0 Å². The Bertz CT molecular complexity index is 911. The van der Waals surface area contributed by atoms with Gasteiger partial charge >= 0.3 is 0 Å². The zero-order valence-electron chi connectivity index (χ0n) is 12.4. The molecule has 3 heterocycles. The molecule has 0 unspecified atom stereocenters. The Hall–Kier alpha value is -2.26. The lowest BCUT2D eigenvalue weighted by atomic mass is 10.2. The molecule has 0 fully saturated rings. The summed E-state index contributed by atoms with van der Waals surface area (Å²) < 4.78 is 0. The number of nitrogens with two attached hydrogens (primary N) is 1. The van der Waals surface area contributed by atoms with Gasteiger partial charge < -0.3 is 16.0 Å². The summed E-state index contributed by atoms with van der Waals surface area (Å²) in [5.74, 6) is -0.178. The molecule has 120 valence electrons. The fourth-order valence-corrected chi connectivity index (χ4v) is 3.95. The lowest BCUT2D eigenvalue weighted by molar-refractivity contribution is 0.0957. The number of aromatic nitrogens is 3. The number of amides is 1. The molecular weight excluding hydrogens is 334 g/mol. The number of aryl methyl sites for hydroxylation is 2. The average molecular weight is 349 g/mol. The van der Waals surface area contributed by atoms with Gasteiger partial charge in [-0.1, -0.05) is 0 Å². The number of rotatable bonds is 5. The molecule has 4 N–H and O–H groups in total. The maximum absolute atomic E-state index is 12.3. The van der Waals surface area contributed by atoms with Crippen LogP contribution in [0.5, 0.6) is 0 Å². The molecule has 0 radical (unpaired) electrons. The van der Waals surface area contributed by atoms with E-state index >= 15 is 0 Å². The van der Waals surface area contributed by atoms with Crippen molar-refractivity contribution in [3.63, 3.8) is 0 Å². The monoisotopic (exact) mass is 349 g/mol. The highest BCUT2D eigenvalue weighted by molar-refractivity contribution is 7.20. The number of H-pyrrole nitrogens is 1. The third-order valence-electron chi connectivity index (χ3n) is 3.40.